The molecule has 0 bridgehead atoms. The molecule has 0 radical (unpaired) electrons. The Morgan fingerprint density at radius 2 is 1.87 bits per heavy atom. The lowest BCUT2D eigenvalue weighted by atomic mass is 10.1. The lowest BCUT2D eigenvalue weighted by Crippen LogP contribution is -2.23. The van der Waals surface area contributed by atoms with Crippen molar-refractivity contribution in [1.29, 1.82) is 0 Å². The number of rotatable bonds is 4. The molecule has 38 heavy (non-hydrogen) atoms. The largest absolute Gasteiger partial charge is 0.435 e. The third kappa shape index (κ3) is 4.13. The topological polar surface area (TPSA) is 113 Å². The Morgan fingerprint density at radius 1 is 1.08 bits per heavy atom. The van der Waals surface area contributed by atoms with Gasteiger partial charge in [0.25, 0.3) is 5.56 Å². The summed E-state index contributed by atoms with van der Waals surface area (Å²) in [7, 11) is 0. The van der Waals surface area contributed by atoms with Gasteiger partial charge in [0.1, 0.15) is 5.65 Å². The van der Waals surface area contributed by atoms with Crippen LogP contribution in [0.1, 0.15) is 40.8 Å². The molecule has 9 nitrogen and oxygen atoms in total. The van der Waals surface area contributed by atoms with E-state index in [1.54, 1.807) is 18.3 Å². The highest BCUT2D eigenvalue weighted by atomic mass is 19.4. The van der Waals surface area contributed by atoms with Crippen LogP contribution < -0.4 is 11.2 Å². The summed E-state index contributed by atoms with van der Waals surface area (Å²) in [5.41, 5.74) is -2.05. The van der Waals surface area contributed by atoms with Gasteiger partial charge in [-0.05, 0) is 36.0 Å². The molecule has 5 aromatic heterocycles. The van der Waals surface area contributed by atoms with Gasteiger partial charge in [-0.15, -0.1) is 0 Å². The Hall–Kier alpha value is -4.43. The zero-order valence-corrected chi connectivity index (χ0v) is 18.9. The molecule has 1 aliphatic carbocycles. The van der Waals surface area contributed by atoms with E-state index in [9.17, 15) is 35.9 Å². The van der Waals surface area contributed by atoms with E-state index in [0.717, 1.165) is 4.40 Å². The Morgan fingerprint density at radius 3 is 2.58 bits per heavy atom. The van der Waals surface area contributed by atoms with Gasteiger partial charge in [-0.1, -0.05) is 6.07 Å². The van der Waals surface area contributed by atoms with Gasteiger partial charge in [0, 0.05) is 30.4 Å². The second-order valence-corrected chi connectivity index (χ2v) is 9.00. The molecular weight excluding hydrogens is 520 g/mol. The van der Waals surface area contributed by atoms with Gasteiger partial charge in [-0.3, -0.25) is 9.78 Å². The summed E-state index contributed by atoms with van der Waals surface area (Å²) in [5.74, 6) is -0.433. The highest BCUT2D eigenvalue weighted by molar-refractivity contribution is 5.63. The summed E-state index contributed by atoms with van der Waals surface area (Å²) in [5, 5.41) is 4.36. The number of hydrogen-bond donors (Lipinski definition) is 2. The van der Waals surface area contributed by atoms with Crippen LogP contribution in [-0.2, 0) is 12.6 Å². The maximum Gasteiger partial charge on any atom is 0.435 e. The molecule has 0 aliphatic heterocycles. The molecule has 0 aromatic carbocycles. The number of fused-ring (bicyclic) bond motifs is 2. The van der Waals surface area contributed by atoms with E-state index in [2.05, 4.69) is 25.0 Å². The number of alkyl halides is 6. The molecule has 0 unspecified atom stereocenters. The lowest BCUT2D eigenvalue weighted by Gasteiger charge is -2.11. The molecule has 0 amide bonds. The average molecular weight is 535 g/mol. The average Bonchev–Trinajstić information content (AvgIpc) is 3.32. The number of nitrogens with one attached hydrogen (secondary N) is 2. The molecule has 0 saturated heterocycles. The van der Waals surface area contributed by atoms with Crippen LogP contribution in [0.4, 0.5) is 26.3 Å². The van der Waals surface area contributed by atoms with Gasteiger partial charge >= 0.3 is 18.0 Å². The van der Waals surface area contributed by atoms with Crippen molar-refractivity contribution in [3.8, 4) is 11.3 Å². The lowest BCUT2D eigenvalue weighted by molar-refractivity contribution is -0.146. The molecule has 6 rings (SSSR count). The summed E-state index contributed by atoms with van der Waals surface area (Å²) in [6.07, 6.45) is -5.59. The van der Waals surface area contributed by atoms with Gasteiger partial charge in [0.15, 0.2) is 11.3 Å². The quantitative estimate of drug-likeness (QED) is 0.340. The third-order valence-corrected chi connectivity index (χ3v) is 6.48. The van der Waals surface area contributed by atoms with E-state index < -0.39 is 41.4 Å². The predicted molar refractivity (Wildman–Crippen MR) is 120 cm³/mol. The van der Waals surface area contributed by atoms with Gasteiger partial charge in [0.2, 0.25) is 0 Å². The van der Waals surface area contributed by atoms with E-state index in [1.165, 1.54) is 29.2 Å². The SMILES string of the molecule is O=c1[nH]cc(-c2cc([C@H]3C[C@@H]3c3ccc4nc(C(F)(F)F)c(CC(F)(F)F)n4c3)c3nccn3n2)c(=O)[nH]1. The first-order valence-corrected chi connectivity index (χ1v) is 11.2. The van der Waals surface area contributed by atoms with Crippen LogP contribution in [0.2, 0.25) is 0 Å². The summed E-state index contributed by atoms with van der Waals surface area (Å²) in [6.45, 7) is 0. The molecule has 1 fully saturated rings. The fraction of sp³-hybridized carbons (Fsp3) is 0.261. The zero-order chi connectivity index (χ0) is 27.0. The maximum atomic E-state index is 13.5. The van der Waals surface area contributed by atoms with Gasteiger partial charge in [-0.2, -0.15) is 31.4 Å². The van der Waals surface area contributed by atoms with E-state index in [0.29, 0.717) is 23.2 Å². The van der Waals surface area contributed by atoms with Crippen LogP contribution in [0.15, 0.2) is 52.6 Å². The molecule has 1 aliphatic rings. The van der Waals surface area contributed by atoms with Crippen molar-refractivity contribution in [3.63, 3.8) is 0 Å². The number of nitrogens with zero attached hydrogens (tertiary/aromatic N) is 5. The van der Waals surface area contributed by atoms with Crippen molar-refractivity contribution in [2.24, 2.45) is 0 Å². The van der Waals surface area contributed by atoms with Crippen molar-refractivity contribution in [3.05, 3.63) is 86.3 Å². The number of aromatic amines is 2. The van der Waals surface area contributed by atoms with Crippen LogP contribution in [0, 0.1) is 0 Å². The molecule has 5 aromatic rings. The number of hydrogen-bond acceptors (Lipinski definition) is 5. The standard InChI is InChI=1S/C23H15F6N7O2/c24-22(25,26)7-16-18(23(27,28)29)32-17-2-1-10(9-35(16)17)11-5-12(11)13-6-15(34-36-4-3-30-19(13)36)14-8-31-21(38)33-20(14)37/h1-4,6,8-9,11-12H,5,7H2,(H2,31,33,37,38)/t11-,12+/m1/s1. The Balaban J connectivity index is 1.42. The van der Waals surface area contributed by atoms with E-state index in [4.69, 9.17) is 0 Å². The van der Waals surface area contributed by atoms with Crippen LogP contribution in [-0.4, -0.2) is 40.1 Å². The third-order valence-electron chi connectivity index (χ3n) is 6.48. The second-order valence-electron chi connectivity index (χ2n) is 9.00. The number of H-pyrrole nitrogens is 2. The Kier molecular flexibility index (Phi) is 5.06. The predicted octanol–water partition coefficient (Wildman–Crippen LogP) is 3.82. The van der Waals surface area contributed by atoms with E-state index in [-0.39, 0.29) is 28.7 Å². The normalized spacial score (nSPS) is 17.9. The van der Waals surface area contributed by atoms with Crippen molar-refractivity contribution in [2.45, 2.75) is 37.0 Å². The number of halogens is 6. The maximum absolute atomic E-state index is 13.5. The second kappa shape index (κ2) is 8.03. The van der Waals surface area contributed by atoms with Crippen molar-refractivity contribution in [1.82, 2.24) is 34.0 Å². The molecule has 15 heteroatoms. The minimum absolute atomic E-state index is 0.106. The molecule has 5 heterocycles. The monoisotopic (exact) mass is 535 g/mol. The molecule has 2 N–H and O–H groups in total. The highest BCUT2D eigenvalue weighted by Crippen LogP contribution is 2.55. The van der Waals surface area contributed by atoms with Crippen molar-refractivity contribution >= 4 is 11.3 Å². The van der Waals surface area contributed by atoms with Crippen molar-refractivity contribution in [2.75, 3.05) is 0 Å². The first kappa shape index (κ1) is 23.9. The van der Waals surface area contributed by atoms with Crippen LogP contribution in [0.5, 0.6) is 0 Å². The van der Waals surface area contributed by atoms with Crippen molar-refractivity contribution < 1.29 is 26.3 Å². The number of aromatic nitrogens is 7. The fourth-order valence-electron chi connectivity index (χ4n) is 4.77. The van der Waals surface area contributed by atoms with Gasteiger partial charge < -0.3 is 9.38 Å². The first-order chi connectivity index (χ1) is 17.9. The smallest absolute Gasteiger partial charge is 0.313 e. The molecule has 2 atom stereocenters. The summed E-state index contributed by atoms with van der Waals surface area (Å²) >= 11 is 0. The Labute approximate surface area is 206 Å². The minimum Gasteiger partial charge on any atom is -0.313 e. The molecule has 1 saturated carbocycles. The Bertz CT molecular complexity index is 1830. The molecule has 0 spiro atoms. The van der Waals surface area contributed by atoms with Crippen LogP contribution >= 0.6 is 0 Å². The number of imidazole rings is 2. The highest BCUT2D eigenvalue weighted by Gasteiger charge is 2.44. The first-order valence-electron chi connectivity index (χ1n) is 11.2. The summed E-state index contributed by atoms with van der Waals surface area (Å²) in [4.78, 5) is 36.0. The van der Waals surface area contributed by atoms with Crippen LogP contribution in [0.25, 0.3) is 22.6 Å². The van der Waals surface area contributed by atoms with E-state index >= 15 is 0 Å². The van der Waals surface area contributed by atoms with Gasteiger partial charge in [-0.25, -0.2) is 19.3 Å². The number of pyridine rings is 1. The minimum atomic E-state index is -5.05. The molecular formula is C23H15F6N7O2. The van der Waals surface area contributed by atoms with E-state index in [1.807, 2.05) is 0 Å². The van der Waals surface area contributed by atoms with Gasteiger partial charge in [0.05, 0.1) is 23.4 Å². The van der Waals surface area contributed by atoms with Crippen LogP contribution in [0.3, 0.4) is 0 Å². The fourth-order valence-corrected chi connectivity index (χ4v) is 4.77. The summed E-state index contributed by atoms with van der Waals surface area (Å²) < 4.78 is 82.1. The zero-order valence-electron chi connectivity index (χ0n) is 18.9. The summed E-state index contributed by atoms with van der Waals surface area (Å²) in [6, 6.07) is 4.45. The molecule has 196 valence electrons.